The van der Waals surface area contributed by atoms with Crippen molar-refractivity contribution in [1.82, 2.24) is 0 Å². The first-order valence-electron chi connectivity index (χ1n) is 6.35. The summed E-state index contributed by atoms with van der Waals surface area (Å²) in [7, 11) is 3.56. The van der Waals surface area contributed by atoms with Gasteiger partial charge in [0.1, 0.15) is 0 Å². The van der Waals surface area contributed by atoms with Gasteiger partial charge in [-0.15, -0.1) is 0 Å². The maximum Gasteiger partial charge on any atom is 0.0858 e. The van der Waals surface area contributed by atoms with Crippen molar-refractivity contribution in [3.8, 4) is 0 Å². The van der Waals surface area contributed by atoms with Crippen molar-refractivity contribution in [2.75, 3.05) is 20.8 Å². The van der Waals surface area contributed by atoms with Crippen molar-refractivity contribution in [3.05, 3.63) is 0 Å². The van der Waals surface area contributed by atoms with Crippen LogP contribution in [0, 0.1) is 16.7 Å². The lowest BCUT2D eigenvalue weighted by Crippen LogP contribution is -2.45. The topological polar surface area (TPSA) is 18.5 Å². The van der Waals surface area contributed by atoms with Crippen LogP contribution in [0.1, 0.15) is 47.0 Å². The highest BCUT2D eigenvalue weighted by atomic mass is 16.5. The van der Waals surface area contributed by atoms with E-state index in [0.29, 0.717) is 12.0 Å². The Hall–Kier alpha value is -0.0800. The van der Waals surface area contributed by atoms with Gasteiger partial charge in [-0.3, -0.25) is 0 Å². The van der Waals surface area contributed by atoms with Crippen molar-refractivity contribution in [1.29, 1.82) is 0 Å². The van der Waals surface area contributed by atoms with Crippen LogP contribution in [0.4, 0.5) is 0 Å². The Morgan fingerprint density at radius 2 is 1.81 bits per heavy atom. The van der Waals surface area contributed by atoms with Gasteiger partial charge in [-0.1, -0.05) is 27.7 Å². The molecule has 0 bridgehead atoms. The second-order valence-electron chi connectivity index (χ2n) is 6.69. The Balaban J connectivity index is 2.80. The monoisotopic (exact) mass is 228 g/mol. The molecule has 3 atom stereocenters. The van der Waals surface area contributed by atoms with Crippen LogP contribution in [0.2, 0.25) is 0 Å². The van der Waals surface area contributed by atoms with E-state index >= 15 is 0 Å². The smallest absolute Gasteiger partial charge is 0.0858 e. The van der Waals surface area contributed by atoms with Crippen molar-refractivity contribution in [2.24, 2.45) is 16.7 Å². The highest BCUT2D eigenvalue weighted by Gasteiger charge is 2.44. The molecule has 1 aliphatic rings. The van der Waals surface area contributed by atoms with Crippen molar-refractivity contribution in [2.45, 2.75) is 53.1 Å². The molecular formula is C14H28O2. The number of ether oxygens (including phenoxy) is 2. The van der Waals surface area contributed by atoms with Crippen LogP contribution in [0.3, 0.4) is 0 Å². The van der Waals surface area contributed by atoms with E-state index in [1.807, 2.05) is 0 Å². The predicted molar refractivity (Wildman–Crippen MR) is 67.6 cm³/mol. The fourth-order valence-electron chi connectivity index (χ4n) is 4.00. The molecule has 0 N–H and O–H groups in total. The third-order valence-corrected chi connectivity index (χ3v) is 3.98. The van der Waals surface area contributed by atoms with Gasteiger partial charge in [0.2, 0.25) is 0 Å². The molecule has 16 heavy (non-hydrogen) atoms. The van der Waals surface area contributed by atoms with Gasteiger partial charge in [0.05, 0.1) is 12.7 Å². The summed E-state index contributed by atoms with van der Waals surface area (Å²) in [5, 5.41) is 0. The maximum absolute atomic E-state index is 5.65. The van der Waals surface area contributed by atoms with E-state index < -0.39 is 0 Å². The molecule has 96 valence electrons. The fourth-order valence-corrected chi connectivity index (χ4v) is 4.00. The normalized spacial score (nSPS) is 36.0. The summed E-state index contributed by atoms with van der Waals surface area (Å²) in [6, 6.07) is 0. The number of hydrogen-bond donors (Lipinski definition) is 0. The third kappa shape index (κ3) is 3.21. The first kappa shape index (κ1) is 14.0. The fraction of sp³-hybridized carbons (Fsp3) is 1.00. The molecule has 0 aromatic rings. The average molecular weight is 228 g/mol. The molecule has 0 aromatic heterocycles. The van der Waals surface area contributed by atoms with E-state index in [1.165, 1.54) is 19.3 Å². The quantitative estimate of drug-likeness (QED) is 0.733. The van der Waals surface area contributed by atoms with Crippen LogP contribution in [-0.4, -0.2) is 26.9 Å². The Morgan fingerprint density at radius 1 is 1.19 bits per heavy atom. The van der Waals surface area contributed by atoms with Crippen LogP contribution in [-0.2, 0) is 9.47 Å². The summed E-state index contributed by atoms with van der Waals surface area (Å²) in [6.07, 6.45) is 4.02. The summed E-state index contributed by atoms with van der Waals surface area (Å²) < 4.78 is 10.9. The molecule has 0 saturated heterocycles. The highest BCUT2D eigenvalue weighted by molar-refractivity contribution is 4.94. The molecule has 1 fully saturated rings. The zero-order valence-electron chi connectivity index (χ0n) is 11.8. The van der Waals surface area contributed by atoms with Crippen molar-refractivity contribution in [3.63, 3.8) is 0 Å². The second-order valence-corrected chi connectivity index (χ2v) is 6.69. The summed E-state index contributed by atoms with van der Waals surface area (Å²) in [4.78, 5) is 0. The Bertz CT molecular complexity index is 225. The molecule has 0 heterocycles. The zero-order valence-corrected chi connectivity index (χ0v) is 11.8. The van der Waals surface area contributed by atoms with Crippen molar-refractivity contribution < 1.29 is 9.47 Å². The predicted octanol–water partition coefficient (Wildman–Crippen LogP) is 3.50. The zero-order chi connectivity index (χ0) is 12.4. The lowest BCUT2D eigenvalue weighted by atomic mass is 9.59. The van der Waals surface area contributed by atoms with Crippen LogP contribution >= 0.6 is 0 Å². The molecule has 3 unspecified atom stereocenters. The summed E-state index contributed by atoms with van der Waals surface area (Å²) in [5.41, 5.74) is 0.683. The third-order valence-electron chi connectivity index (χ3n) is 3.98. The molecule has 2 heteroatoms. The number of rotatable bonds is 4. The van der Waals surface area contributed by atoms with Gasteiger partial charge in [-0.25, -0.2) is 0 Å². The molecular weight excluding hydrogens is 200 g/mol. The minimum Gasteiger partial charge on any atom is -0.382 e. The van der Waals surface area contributed by atoms with Gasteiger partial charge < -0.3 is 9.47 Å². The number of hydrogen-bond acceptors (Lipinski definition) is 2. The molecule has 1 saturated carbocycles. The molecule has 2 nitrogen and oxygen atoms in total. The van der Waals surface area contributed by atoms with Crippen LogP contribution in [0.25, 0.3) is 0 Å². The Labute approximate surface area is 101 Å². The molecule has 0 radical (unpaired) electrons. The first-order chi connectivity index (χ1) is 7.33. The van der Waals surface area contributed by atoms with Gasteiger partial charge >= 0.3 is 0 Å². The van der Waals surface area contributed by atoms with Gasteiger partial charge in [0.25, 0.3) is 0 Å². The van der Waals surface area contributed by atoms with E-state index in [9.17, 15) is 0 Å². The lowest BCUT2D eigenvalue weighted by Gasteiger charge is -2.49. The standard InChI is InChI=1S/C14H28O2/c1-11-7-13(2,3)10-14(4,8-11)12(16-6)9-15-5/h11-12H,7-10H2,1-6H3. The Kier molecular flexibility index (Phi) is 4.42. The van der Waals surface area contributed by atoms with Crippen LogP contribution in [0.15, 0.2) is 0 Å². The second kappa shape index (κ2) is 5.05. The van der Waals surface area contributed by atoms with Crippen molar-refractivity contribution >= 4 is 0 Å². The molecule has 0 amide bonds. The summed E-state index contributed by atoms with van der Waals surface area (Å²) >= 11 is 0. The van der Waals surface area contributed by atoms with Gasteiger partial charge in [-0.2, -0.15) is 0 Å². The Morgan fingerprint density at radius 3 is 2.25 bits per heavy atom. The maximum atomic E-state index is 5.65. The largest absolute Gasteiger partial charge is 0.382 e. The summed E-state index contributed by atoms with van der Waals surface area (Å²) in [6.45, 7) is 10.2. The molecule has 1 rings (SSSR count). The van der Waals surface area contributed by atoms with E-state index in [2.05, 4.69) is 27.7 Å². The molecule has 0 aromatic carbocycles. The van der Waals surface area contributed by atoms with Gasteiger partial charge in [-0.05, 0) is 36.0 Å². The van der Waals surface area contributed by atoms with E-state index in [0.717, 1.165) is 5.92 Å². The van der Waals surface area contributed by atoms with E-state index in [-0.39, 0.29) is 11.5 Å². The van der Waals surface area contributed by atoms with Gasteiger partial charge in [0, 0.05) is 14.2 Å². The minimum atomic E-state index is 0.222. The molecule has 0 spiro atoms. The lowest BCUT2D eigenvalue weighted by molar-refractivity contribution is -0.0938. The minimum absolute atomic E-state index is 0.222. The highest BCUT2D eigenvalue weighted by Crippen LogP contribution is 2.50. The van der Waals surface area contributed by atoms with E-state index in [1.54, 1.807) is 14.2 Å². The van der Waals surface area contributed by atoms with E-state index in [4.69, 9.17) is 9.47 Å². The SMILES string of the molecule is COCC(OC)C1(C)CC(C)CC(C)(C)C1. The number of methoxy groups -OCH3 is 2. The van der Waals surface area contributed by atoms with Gasteiger partial charge in [0.15, 0.2) is 0 Å². The first-order valence-corrected chi connectivity index (χ1v) is 6.35. The average Bonchev–Trinajstić information content (AvgIpc) is 2.09. The molecule has 1 aliphatic carbocycles. The summed E-state index contributed by atoms with van der Waals surface area (Å²) in [5.74, 6) is 0.781. The van der Waals surface area contributed by atoms with Crippen LogP contribution < -0.4 is 0 Å². The molecule has 0 aliphatic heterocycles. The van der Waals surface area contributed by atoms with Crippen LogP contribution in [0.5, 0.6) is 0 Å².